The van der Waals surface area contributed by atoms with Crippen molar-refractivity contribution in [3.63, 3.8) is 0 Å². The predicted octanol–water partition coefficient (Wildman–Crippen LogP) is 1.87. The van der Waals surface area contributed by atoms with E-state index in [0.29, 0.717) is 5.25 Å². The van der Waals surface area contributed by atoms with E-state index in [1.165, 1.54) is 0 Å². The van der Waals surface area contributed by atoms with Crippen LogP contribution in [0.2, 0.25) is 0 Å². The van der Waals surface area contributed by atoms with Crippen LogP contribution in [0.1, 0.15) is 12.6 Å². The largest absolute Gasteiger partial charge is 0.305 e. The van der Waals surface area contributed by atoms with Gasteiger partial charge in [0.1, 0.15) is 0 Å². The predicted molar refractivity (Wildman–Crippen MR) is 63.9 cm³/mol. The van der Waals surface area contributed by atoms with Crippen LogP contribution in [0.4, 0.5) is 0 Å². The zero-order chi connectivity index (χ0) is 10.4. The van der Waals surface area contributed by atoms with Gasteiger partial charge in [0.05, 0.1) is 0 Å². The summed E-state index contributed by atoms with van der Waals surface area (Å²) in [5.74, 6) is 0. The molecule has 0 aliphatic rings. The highest BCUT2D eigenvalue weighted by atomic mass is 32.1. The number of hydrogen-bond donors (Lipinski definition) is 1. The highest BCUT2D eigenvalue weighted by Gasteiger charge is 2.02. The Morgan fingerprint density at radius 1 is 1.50 bits per heavy atom. The second kappa shape index (κ2) is 6.04. The summed E-state index contributed by atoms with van der Waals surface area (Å²) in [6.07, 6.45) is 2.86. The molecular formula is C11H18N2S. The summed E-state index contributed by atoms with van der Waals surface area (Å²) < 4.78 is 0. The summed E-state index contributed by atoms with van der Waals surface area (Å²) in [6.45, 7) is 4.18. The SMILES string of the molecule is CC(S)CN(C)CCc1ccccn1. The lowest BCUT2D eigenvalue weighted by atomic mass is 10.2. The number of rotatable bonds is 5. The number of aromatic nitrogens is 1. The van der Waals surface area contributed by atoms with Gasteiger partial charge in [-0.3, -0.25) is 4.98 Å². The quantitative estimate of drug-likeness (QED) is 0.747. The molecule has 0 fully saturated rings. The first-order valence-electron chi connectivity index (χ1n) is 4.95. The molecular weight excluding hydrogens is 192 g/mol. The molecule has 0 saturated carbocycles. The normalized spacial score (nSPS) is 13.1. The van der Waals surface area contributed by atoms with Gasteiger partial charge in [-0.05, 0) is 19.2 Å². The number of pyridine rings is 1. The smallest absolute Gasteiger partial charge is 0.0416 e. The topological polar surface area (TPSA) is 16.1 Å². The molecule has 0 radical (unpaired) electrons. The van der Waals surface area contributed by atoms with E-state index in [1.807, 2.05) is 18.3 Å². The minimum absolute atomic E-state index is 0.434. The molecule has 2 nitrogen and oxygen atoms in total. The lowest BCUT2D eigenvalue weighted by molar-refractivity contribution is 0.342. The summed E-state index contributed by atoms with van der Waals surface area (Å²) in [5.41, 5.74) is 1.16. The average molecular weight is 210 g/mol. The van der Waals surface area contributed by atoms with E-state index in [9.17, 15) is 0 Å². The summed E-state index contributed by atoms with van der Waals surface area (Å²) in [7, 11) is 2.12. The van der Waals surface area contributed by atoms with E-state index < -0.39 is 0 Å². The van der Waals surface area contributed by atoms with Crippen LogP contribution in [0.15, 0.2) is 24.4 Å². The van der Waals surface area contributed by atoms with Gasteiger partial charge in [-0.15, -0.1) is 0 Å². The maximum absolute atomic E-state index is 4.36. The van der Waals surface area contributed by atoms with Crippen molar-refractivity contribution in [3.8, 4) is 0 Å². The molecule has 0 spiro atoms. The molecule has 3 heteroatoms. The molecule has 1 aromatic heterocycles. The summed E-state index contributed by atoms with van der Waals surface area (Å²) in [6, 6.07) is 6.05. The third-order valence-electron chi connectivity index (χ3n) is 2.05. The molecule has 0 N–H and O–H groups in total. The van der Waals surface area contributed by atoms with Crippen molar-refractivity contribution >= 4 is 12.6 Å². The molecule has 0 saturated heterocycles. The van der Waals surface area contributed by atoms with Crippen LogP contribution in [0, 0.1) is 0 Å². The summed E-state index contributed by atoms with van der Waals surface area (Å²) >= 11 is 4.36. The zero-order valence-corrected chi connectivity index (χ0v) is 9.74. The van der Waals surface area contributed by atoms with Crippen LogP contribution in [0.25, 0.3) is 0 Å². The zero-order valence-electron chi connectivity index (χ0n) is 8.85. The Labute approximate surface area is 91.8 Å². The van der Waals surface area contributed by atoms with Gasteiger partial charge in [0.2, 0.25) is 0 Å². The van der Waals surface area contributed by atoms with Gasteiger partial charge in [0, 0.05) is 36.7 Å². The first-order chi connectivity index (χ1) is 6.68. The minimum Gasteiger partial charge on any atom is -0.305 e. The van der Waals surface area contributed by atoms with Crippen LogP contribution in [-0.2, 0) is 6.42 Å². The molecule has 1 rings (SSSR count). The molecule has 14 heavy (non-hydrogen) atoms. The first-order valence-corrected chi connectivity index (χ1v) is 5.46. The standard InChI is InChI=1S/C11H18N2S/c1-10(14)9-13(2)8-6-11-5-3-4-7-12-11/h3-5,7,10,14H,6,8-9H2,1-2H3. The Morgan fingerprint density at radius 2 is 2.29 bits per heavy atom. The fourth-order valence-corrected chi connectivity index (χ4v) is 1.67. The van der Waals surface area contributed by atoms with Crippen molar-refractivity contribution in [2.75, 3.05) is 20.1 Å². The molecule has 0 aliphatic heterocycles. The third kappa shape index (κ3) is 4.63. The molecule has 0 aromatic carbocycles. The Bertz CT molecular complexity index is 249. The maximum atomic E-state index is 4.36. The van der Waals surface area contributed by atoms with Crippen LogP contribution < -0.4 is 0 Å². The van der Waals surface area contributed by atoms with E-state index in [-0.39, 0.29) is 0 Å². The van der Waals surface area contributed by atoms with Gasteiger partial charge in [0.15, 0.2) is 0 Å². The lowest BCUT2D eigenvalue weighted by Gasteiger charge is -2.17. The molecule has 0 amide bonds. The number of likely N-dealkylation sites (N-methyl/N-ethyl adjacent to an activating group) is 1. The van der Waals surface area contributed by atoms with Crippen molar-refractivity contribution in [3.05, 3.63) is 30.1 Å². The van der Waals surface area contributed by atoms with Gasteiger partial charge in [-0.2, -0.15) is 12.6 Å². The molecule has 1 heterocycles. The lowest BCUT2D eigenvalue weighted by Crippen LogP contribution is -2.27. The van der Waals surface area contributed by atoms with Gasteiger partial charge >= 0.3 is 0 Å². The Kier molecular flexibility index (Phi) is 4.98. The Morgan fingerprint density at radius 3 is 2.86 bits per heavy atom. The van der Waals surface area contributed by atoms with Crippen molar-refractivity contribution < 1.29 is 0 Å². The van der Waals surface area contributed by atoms with Gasteiger partial charge in [0.25, 0.3) is 0 Å². The van der Waals surface area contributed by atoms with E-state index in [1.54, 1.807) is 0 Å². The van der Waals surface area contributed by atoms with Gasteiger partial charge in [-0.1, -0.05) is 13.0 Å². The van der Waals surface area contributed by atoms with E-state index in [2.05, 4.69) is 42.6 Å². The third-order valence-corrected chi connectivity index (χ3v) is 2.22. The van der Waals surface area contributed by atoms with Crippen molar-refractivity contribution in [1.82, 2.24) is 9.88 Å². The molecule has 1 aromatic rings. The monoisotopic (exact) mass is 210 g/mol. The second-order valence-electron chi connectivity index (χ2n) is 3.68. The van der Waals surface area contributed by atoms with E-state index in [0.717, 1.165) is 25.2 Å². The minimum atomic E-state index is 0.434. The highest BCUT2D eigenvalue weighted by molar-refractivity contribution is 7.80. The highest BCUT2D eigenvalue weighted by Crippen LogP contribution is 1.99. The number of nitrogens with zero attached hydrogens (tertiary/aromatic N) is 2. The summed E-state index contributed by atoms with van der Waals surface area (Å²) in [5, 5.41) is 0.434. The van der Waals surface area contributed by atoms with Gasteiger partial charge < -0.3 is 4.90 Å². The fraction of sp³-hybridized carbons (Fsp3) is 0.545. The fourth-order valence-electron chi connectivity index (χ4n) is 1.39. The van der Waals surface area contributed by atoms with Crippen molar-refractivity contribution in [2.45, 2.75) is 18.6 Å². The van der Waals surface area contributed by atoms with Crippen molar-refractivity contribution in [2.24, 2.45) is 0 Å². The molecule has 1 atom stereocenters. The number of hydrogen-bond acceptors (Lipinski definition) is 3. The van der Waals surface area contributed by atoms with Crippen LogP contribution >= 0.6 is 12.6 Å². The molecule has 0 bridgehead atoms. The van der Waals surface area contributed by atoms with Crippen LogP contribution in [0.3, 0.4) is 0 Å². The Balaban J connectivity index is 2.27. The first kappa shape index (κ1) is 11.5. The van der Waals surface area contributed by atoms with Crippen LogP contribution in [-0.4, -0.2) is 35.3 Å². The average Bonchev–Trinajstić information content (AvgIpc) is 2.15. The van der Waals surface area contributed by atoms with E-state index >= 15 is 0 Å². The Hall–Kier alpha value is -0.540. The van der Waals surface area contributed by atoms with Crippen molar-refractivity contribution in [1.29, 1.82) is 0 Å². The molecule has 0 aliphatic carbocycles. The second-order valence-corrected chi connectivity index (χ2v) is 4.56. The molecule has 1 unspecified atom stereocenters. The molecule has 78 valence electrons. The number of thiol groups is 1. The van der Waals surface area contributed by atoms with Crippen LogP contribution in [0.5, 0.6) is 0 Å². The van der Waals surface area contributed by atoms with Gasteiger partial charge in [-0.25, -0.2) is 0 Å². The maximum Gasteiger partial charge on any atom is 0.0416 e. The van der Waals surface area contributed by atoms with E-state index in [4.69, 9.17) is 0 Å². The summed E-state index contributed by atoms with van der Waals surface area (Å²) in [4.78, 5) is 6.57.